The minimum atomic E-state index is -0.315. The Labute approximate surface area is 180 Å². The molecule has 2 aromatic carbocycles. The van der Waals surface area contributed by atoms with Crippen molar-refractivity contribution in [1.29, 1.82) is 0 Å². The summed E-state index contributed by atoms with van der Waals surface area (Å²) in [7, 11) is 0. The first-order chi connectivity index (χ1) is 15.0. The van der Waals surface area contributed by atoms with Gasteiger partial charge in [-0.05, 0) is 75.1 Å². The first kappa shape index (κ1) is 21.3. The Morgan fingerprint density at radius 2 is 1.94 bits per heavy atom. The number of halogens is 1. The van der Waals surface area contributed by atoms with Crippen LogP contribution in [0.15, 0.2) is 51.7 Å². The normalized spacial score (nSPS) is 15.4. The van der Waals surface area contributed by atoms with E-state index >= 15 is 0 Å². The molecule has 1 amide bonds. The summed E-state index contributed by atoms with van der Waals surface area (Å²) < 4.78 is 20.6. The van der Waals surface area contributed by atoms with Crippen molar-refractivity contribution in [2.24, 2.45) is 5.92 Å². The van der Waals surface area contributed by atoms with Crippen LogP contribution >= 0.6 is 0 Å². The lowest BCUT2D eigenvalue weighted by Crippen LogP contribution is -2.40. The summed E-state index contributed by atoms with van der Waals surface area (Å²) in [6.07, 6.45) is 2.46. The number of amides is 1. The number of fused-ring (bicyclic) bond motifs is 1. The molecular formula is C24H28FN3O3. The van der Waals surface area contributed by atoms with Gasteiger partial charge in [-0.25, -0.2) is 9.18 Å². The van der Waals surface area contributed by atoms with Crippen LogP contribution in [0.2, 0.25) is 0 Å². The first-order valence-corrected chi connectivity index (χ1v) is 10.8. The maximum absolute atomic E-state index is 13.6. The van der Waals surface area contributed by atoms with Gasteiger partial charge in [0.05, 0.1) is 5.52 Å². The molecule has 1 aliphatic heterocycles. The molecule has 3 aromatic rings. The standard InChI is InChI=1S/C24H28FN3O3/c1-17-7-8-18(15-20(17)25)16-26-23(29)19-9-13-27(14-10-19)11-4-12-28-21-5-2-3-6-22(21)31-24(28)30/h2-3,5-8,15,19H,4,9-14,16H2,1H3,(H,26,29). The van der Waals surface area contributed by atoms with Crippen LogP contribution in [0.1, 0.15) is 30.4 Å². The number of nitrogens with zero attached hydrogens (tertiary/aromatic N) is 2. The highest BCUT2D eigenvalue weighted by molar-refractivity contribution is 5.78. The highest BCUT2D eigenvalue weighted by Crippen LogP contribution is 2.19. The van der Waals surface area contributed by atoms with E-state index in [9.17, 15) is 14.0 Å². The van der Waals surface area contributed by atoms with E-state index in [1.54, 1.807) is 23.6 Å². The molecule has 1 aromatic heterocycles. The van der Waals surface area contributed by atoms with Gasteiger partial charge in [-0.2, -0.15) is 0 Å². The molecule has 0 unspecified atom stereocenters. The van der Waals surface area contributed by atoms with Crippen molar-refractivity contribution in [1.82, 2.24) is 14.8 Å². The zero-order valence-electron chi connectivity index (χ0n) is 17.8. The number of hydrogen-bond donors (Lipinski definition) is 1. The van der Waals surface area contributed by atoms with E-state index in [0.29, 0.717) is 24.2 Å². The van der Waals surface area contributed by atoms with Gasteiger partial charge in [0.2, 0.25) is 5.91 Å². The van der Waals surface area contributed by atoms with Gasteiger partial charge in [-0.3, -0.25) is 9.36 Å². The summed E-state index contributed by atoms with van der Waals surface area (Å²) in [5, 5.41) is 2.94. The van der Waals surface area contributed by atoms with Gasteiger partial charge in [0.25, 0.3) is 0 Å². The lowest BCUT2D eigenvalue weighted by atomic mass is 9.95. The topological polar surface area (TPSA) is 67.5 Å². The number of aromatic nitrogens is 1. The Hall–Kier alpha value is -2.93. The number of benzene rings is 2. The second-order valence-electron chi connectivity index (χ2n) is 8.26. The quantitative estimate of drug-likeness (QED) is 0.630. The number of carbonyl (C=O) groups is 1. The average molecular weight is 426 g/mol. The Morgan fingerprint density at radius 3 is 2.71 bits per heavy atom. The molecule has 164 valence electrons. The second kappa shape index (κ2) is 9.47. The first-order valence-electron chi connectivity index (χ1n) is 10.8. The minimum Gasteiger partial charge on any atom is -0.408 e. The molecule has 2 heterocycles. The molecule has 1 aliphatic rings. The van der Waals surface area contributed by atoms with Crippen LogP contribution in [0.25, 0.3) is 11.1 Å². The molecular weight excluding hydrogens is 397 g/mol. The Kier molecular flexibility index (Phi) is 6.51. The molecule has 0 spiro atoms. The van der Waals surface area contributed by atoms with Crippen molar-refractivity contribution < 1.29 is 13.6 Å². The molecule has 4 rings (SSSR count). The average Bonchev–Trinajstić information content (AvgIpc) is 3.10. The van der Waals surface area contributed by atoms with Crippen LogP contribution in [-0.4, -0.2) is 35.0 Å². The van der Waals surface area contributed by atoms with Gasteiger partial charge in [0, 0.05) is 19.0 Å². The lowest BCUT2D eigenvalue weighted by molar-refractivity contribution is -0.126. The van der Waals surface area contributed by atoms with E-state index in [0.717, 1.165) is 50.0 Å². The summed E-state index contributed by atoms with van der Waals surface area (Å²) in [5.74, 6) is -0.528. The Bertz CT molecular complexity index is 1110. The number of piperidine rings is 1. The molecule has 1 fully saturated rings. The van der Waals surface area contributed by atoms with Gasteiger partial charge in [-0.15, -0.1) is 0 Å². The van der Waals surface area contributed by atoms with E-state index < -0.39 is 0 Å². The molecule has 0 bridgehead atoms. The summed E-state index contributed by atoms with van der Waals surface area (Å²) in [6, 6.07) is 12.5. The van der Waals surface area contributed by atoms with Gasteiger partial charge in [-0.1, -0.05) is 24.3 Å². The van der Waals surface area contributed by atoms with Crippen molar-refractivity contribution in [3.63, 3.8) is 0 Å². The maximum atomic E-state index is 13.6. The Balaban J connectivity index is 1.20. The molecule has 0 radical (unpaired) electrons. The highest BCUT2D eigenvalue weighted by atomic mass is 19.1. The van der Waals surface area contributed by atoms with Gasteiger partial charge >= 0.3 is 5.76 Å². The third-order valence-electron chi connectivity index (χ3n) is 6.09. The molecule has 0 aliphatic carbocycles. The fourth-order valence-corrected chi connectivity index (χ4v) is 4.18. The maximum Gasteiger partial charge on any atom is 0.419 e. The van der Waals surface area contributed by atoms with Crippen molar-refractivity contribution in [2.45, 2.75) is 39.3 Å². The summed E-state index contributed by atoms with van der Waals surface area (Å²) in [6.45, 7) is 5.29. The lowest BCUT2D eigenvalue weighted by Gasteiger charge is -2.31. The molecule has 0 atom stereocenters. The van der Waals surface area contributed by atoms with E-state index in [4.69, 9.17) is 4.42 Å². The number of carbonyl (C=O) groups excluding carboxylic acids is 1. The minimum absolute atomic E-state index is 0.00742. The largest absolute Gasteiger partial charge is 0.419 e. The van der Waals surface area contributed by atoms with Gasteiger partial charge in [0.15, 0.2) is 5.58 Å². The van der Waals surface area contributed by atoms with Crippen LogP contribution in [-0.2, 0) is 17.9 Å². The zero-order valence-corrected chi connectivity index (χ0v) is 17.8. The third-order valence-corrected chi connectivity index (χ3v) is 6.09. The van der Waals surface area contributed by atoms with E-state index in [2.05, 4.69) is 10.2 Å². The number of oxazole rings is 1. The highest BCUT2D eigenvalue weighted by Gasteiger charge is 2.24. The van der Waals surface area contributed by atoms with Crippen LogP contribution in [0.5, 0.6) is 0 Å². The smallest absolute Gasteiger partial charge is 0.408 e. The molecule has 0 saturated carbocycles. The Morgan fingerprint density at radius 1 is 1.16 bits per heavy atom. The van der Waals surface area contributed by atoms with E-state index in [-0.39, 0.29) is 23.4 Å². The summed E-state index contributed by atoms with van der Waals surface area (Å²) in [5.41, 5.74) is 2.83. The molecule has 1 saturated heterocycles. The van der Waals surface area contributed by atoms with E-state index in [1.807, 2.05) is 24.3 Å². The fraction of sp³-hybridized carbons (Fsp3) is 0.417. The number of para-hydroxylation sites is 2. The van der Waals surface area contributed by atoms with Crippen molar-refractivity contribution >= 4 is 17.0 Å². The monoisotopic (exact) mass is 425 g/mol. The SMILES string of the molecule is Cc1ccc(CNC(=O)C2CCN(CCCn3c(=O)oc4ccccc43)CC2)cc1F. The predicted octanol–water partition coefficient (Wildman–Crippen LogP) is 3.46. The summed E-state index contributed by atoms with van der Waals surface area (Å²) in [4.78, 5) is 26.9. The number of hydrogen-bond acceptors (Lipinski definition) is 4. The van der Waals surface area contributed by atoms with Crippen LogP contribution < -0.4 is 11.1 Å². The fourth-order valence-electron chi connectivity index (χ4n) is 4.18. The molecule has 6 nitrogen and oxygen atoms in total. The molecule has 31 heavy (non-hydrogen) atoms. The number of likely N-dealkylation sites (tertiary alicyclic amines) is 1. The van der Waals surface area contributed by atoms with Crippen LogP contribution in [0, 0.1) is 18.7 Å². The van der Waals surface area contributed by atoms with Crippen LogP contribution in [0.3, 0.4) is 0 Å². The predicted molar refractivity (Wildman–Crippen MR) is 117 cm³/mol. The molecule has 1 N–H and O–H groups in total. The third kappa shape index (κ3) is 5.05. The molecule has 7 heteroatoms. The number of nitrogens with one attached hydrogen (secondary N) is 1. The van der Waals surface area contributed by atoms with Crippen LogP contribution in [0.4, 0.5) is 4.39 Å². The van der Waals surface area contributed by atoms with Gasteiger partial charge in [0.1, 0.15) is 5.82 Å². The van der Waals surface area contributed by atoms with Crippen molar-refractivity contribution in [2.75, 3.05) is 19.6 Å². The van der Waals surface area contributed by atoms with E-state index in [1.165, 1.54) is 6.07 Å². The second-order valence-corrected chi connectivity index (χ2v) is 8.26. The summed E-state index contributed by atoms with van der Waals surface area (Å²) >= 11 is 0. The van der Waals surface area contributed by atoms with Crippen molar-refractivity contribution in [3.8, 4) is 0 Å². The van der Waals surface area contributed by atoms with Crippen molar-refractivity contribution in [3.05, 3.63) is 70.0 Å². The number of aryl methyl sites for hydroxylation is 2. The van der Waals surface area contributed by atoms with Gasteiger partial charge < -0.3 is 14.6 Å². The zero-order chi connectivity index (χ0) is 21.8. The number of rotatable bonds is 7.